The lowest BCUT2D eigenvalue weighted by atomic mass is 10.0. The number of carboxylic acids is 1. The quantitative estimate of drug-likeness (QED) is 0.221. The number of fused-ring (bicyclic) bond motifs is 1. The van der Waals surface area contributed by atoms with E-state index in [4.69, 9.17) is 17.3 Å². The number of amides is 2. The van der Waals surface area contributed by atoms with Gasteiger partial charge in [-0.25, -0.2) is 4.79 Å². The molecule has 0 bridgehead atoms. The van der Waals surface area contributed by atoms with Gasteiger partial charge in [-0.3, -0.25) is 14.5 Å². The van der Waals surface area contributed by atoms with Gasteiger partial charge in [0.25, 0.3) is 11.8 Å². The average Bonchev–Trinajstić information content (AvgIpc) is 3.13. The minimum atomic E-state index is -1.23. The number of aromatic nitrogens is 2. The molecule has 29 heavy (non-hydrogen) atoms. The molecule has 0 spiro atoms. The Kier molecular flexibility index (Phi) is 6.39. The summed E-state index contributed by atoms with van der Waals surface area (Å²) in [6, 6.07) is -0.932. The molecule has 1 saturated heterocycles. The molecular formula is C15H15ClN6O5S2. The predicted molar refractivity (Wildman–Crippen MR) is 107 cm³/mol. The van der Waals surface area contributed by atoms with Crippen molar-refractivity contribution in [1.29, 1.82) is 0 Å². The number of nitrogens with zero attached hydrogens (tertiary/aromatic N) is 4. The van der Waals surface area contributed by atoms with Crippen molar-refractivity contribution in [3.05, 3.63) is 29.2 Å². The lowest BCUT2D eigenvalue weighted by molar-refractivity contribution is -0.150. The highest BCUT2D eigenvalue weighted by atomic mass is 35.5. The van der Waals surface area contributed by atoms with Gasteiger partial charge in [0.2, 0.25) is 11.5 Å². The molecule has 0 unspecified atom stereocenters. The molecule has 1 aromatic heterocycles. The number of β-lactam (4-membered cyclic amide) rings is 1. The molecule has 2 atom stereocenters. The zero-order chi connectivity index (χ0) is 21.1. The number of carbonyl (C=O) groups excluding carboxylic acids is 2. The Morgan fingerprint density at radius 3 is 2.90 bits per heavy atom. The number of aliphatic carboxylic acids is 1. The molecule has 3 heterocycles. The Morgan fingerprint density at radius 1 is 1.55 bits per heavy atom. The fourth-order valence-electron chi connectivity index (χ4n) is 2.77. The van der Waals surface area contributed by atoms with Crippen LogP contribution in [0.2, 0.25) is 0 Å². The normalized spacial score (nSPS) is 21.8. The van der Waals surface area contributed by atoms with Gasteiger partial charge >= 0.3 is 5.97 Å². The second kappa shape index (κ2) is 8.80. The summed E-state index contributed by atoms with van der Waals surface area (Å²) < 4.78 is 3.91. The van der Waals surface area contributed by atoms with Gasteiger partial charge < -0.3 is 21.0 Å². The molecule has 0 aromatic carbocycles. The first-order valence-corrected chi connectivity index (χ1v) is 10.4. The maximum Gasteiger partial charge on any atom is 0.352 e. The lowest BCUT2D eigenvalue weighted by Gasteiger charge is -2.49. The van der Waals surface area contributed by atoms with E-state index in [1.807, 2.05) is 0 Å². The Bertz CT molecular complexity index is 945. The summed E-state index contributed by atoms with van der Waals surface area (Å²) in [5.41, 5.74) is 5.64. The Morgan fingerprint density at radius 2 is 2.31 bits per heavy atom. The number of nitrogens with one attached hydrogen (secondary N) is 1. The molecule has 0 aliphatic carbocycles. The van der Waals surface area contributed by atoms with Crippen LogP contribution in [0.4, 0.5) is 5.13 Å². The van der Waals surface area contributed by atoms with Crippen LogP contribution in [0.5, 0.6) is 0 Å². The molecule has 11 nitrogen and oxygen atoms in total. The number of rotatable bonds is 7. The van der Waals surface area contributed by atoms with Crippen molar-refractivity contribution in [3.8, 4) is 0 Å². The maximum atomic E-state index is 12.6. The summed E-state index contributed by atoms with van der Waals surface area (Å²) in [6.45, 7) is 0. The monoisotopic (exact) mass is 458 g/mol. The van der Waals surface area contributed by atoms with E-state index in [-0.39, 0.29) is 28.2 Å². The number of hydrogen-bond donors (Lipinski definition) is 3. The van der Waals surface area contributed by atoms with Gasteiger partial charge in [0.05, 0.1) is 0 Å². The number of alkyl halides is 1. The van der Waals surface area contributed by atoms with E-state index in [0.717, 1.165) is 16.4 Å². The molecule has 154 valence electrons. The summed E-state index contributed by atoms with van der Waals surface area (Å²) in [5.74, 6) is -1.99. The van der Waals surface area contributed by atoms with Crippen LogP contribution in [0.15, 0.2) is 28.6 Å². The molecule has 2 amide bonds. The van der Waals surface area contributed by atoms with Crippen LogP contribution in [0.25, 0.3) is 0 Å². The predicted octanol–water partition coefficient (Wildman–Crippen LogP) is 0.00440. The number of anilines is 1. The van der Waals surface area contributed by atoms with Crippen molar-refractivity contribution in [3.63, 3.8) is 0 Å². The number of carboxylic acid groups (broad SMARTS) is 1. The largest absolute Gasteiger partial charge is 0.477 e. The van der Waals surface area contributed by atoms with Crippen LogP contribution in [0, 0.1) is 0 Å². The van der Waals surface area contributed by atoms with Crippen molar-refractivity contribution in [2.45, 2.75) is 11.4 Å². The van der Waals surface area contributed by atoms with Crippen LogP contribution in [0.1, 0.15) is 5.82 Å². The van der Waals surface area contributed by atoms with E-state index >= 15 is 0 Å². The van der Waals surface area contributed by atoms with Gasteiger partial charge in [-0.1, -0.05) is 17.3 Å². The lowest BCUT2D eigenvalue weighted by Crippen LogP contribution is -2.71. The first-order chi connectivity index (χ1) is 13.9. The number of nitrogen functional groups attached to an aromatic ring is 1. The number of hydrogen-bond acceptors (Lipinski definition) is 10. The third-order valence-electron chi connectivity index (χ3n) is 3.95. The molecule has 3 rings (SSSR count). The minimum absolute atomic E-state index is 0.0357. The van der Waals surface area contributed by atoms with E-state index in [0.29, 0.717) is 11.3 Å². The van der Waals surface area contributed by atoms with Crippen LogP contribution in [0.3, 0.4) is 0 Å². The summed E-state index contributed by atoms with van der Waals surface area (Å²) >= 11 is 7.82. The number of halogens is 1. The molecule has 14 heteroatoms. The highest BCUT2D eigenvalue weighted by Crippen LogP contribution is 2.40. The zero-order valence-corrected chi connectivity index (χ0v) is 17.3. The SMILES string of the molecule is CON=C(C(=O)N[C@@H]1C(=O)N2C(C(=O)O)=C(C=CCCl)CS[C@@H]12)c1nsc(N)n1. The molecule has 2 aliphatic heterocycles. The summed E-state index contributed by atoms with van der Waals surface area (Å²) in [5, 5.41) is 15.3. The van der Waals surface area contributed by atoms with Gasteiger partial charge in [0.1, 0.15) is 24.2 Å². The highest BCUT2D eigenvalue weighted by Gasteiger charge is 2.54. The number of carbonyl (C=O) groups is 3. The molecule has 0 saturated carbocycles. The molecule has 4 N–H and O–H groups in total. The minimum Gasteiger partial charge on any atom is -0.477 e. The maximum absolute atomic E-state index is 12.6. The Hall–Kier alpha value is -2.64. The summed E-state index contributed by atoms with van der Waals surface area (Å²) in [4.78, 5) is 46.6. The van der Waals surface area contributed by atoms with Crippen molar-refractivity contribution < 1.29 is 24.3 Å². The van der Waals surface area contributed by atoms with Crippen LogP contribution in [-0.4, -0.2) is 73.0 Å². The fourth-order valence-corrected chi connectivity index (χ4v) is 4.62. The zero-order valence-electron chi connectivity index (χ0n) is 14.9. The Labute approximate surface area is 177 Å². The van der Waals surface area contributed by atoms with Crippen molar-refractivity contribution in [2.24, 2.45) is 5.16 Å². The summed E-state index contributed by atoms with van der Waals surface area (Å²) in [6.07, 6.45) is 3.19. The number of oxime groups is 1. The summed E-state index contributed by atoms with van der Waals surface area (Å²) in [7, 11) is 1.25. The van der Waals surface area contributed by atoms with Crippen LogP contribution < -0.4 is 11.1 Å². The number of allylic oxidation sites excluding steroid dienone is 2. The van der Waals surface area contributed by atoms with Crippen LogP contribution in [-0.2, 0) is 19.2 Å². The third kappa shape index (κ3) is 4.06. The molecule has 1 aromatic rings. The molecular weight excluding hydrogens is 444 g/mol. The molecule has 1 fully saturated rings. The number of thioether (sulfide) groups is 1. The van der Waals surface area contributed by atoms with Crippen molar-refractivity contribution in [2.75, 3.05) is 24.5 Å². The molecule has 0 radical (unpaired) electrons. The van der Waals surface area contributed by atoms with E-state index in [1.165, 1.54) is 18.9 Å². The van der Waals surface area contributed by atoms with Gasteiger partial charge in [-0.15, -0.1) is 23.4 Å². The first kappa shape index (κ1) is 21.1. The second-order valence-electron chi connectivity index (χ2n) is 5.68. The number of nitrogens with two attached hydrogens (primary N) is 1. The fraction of sp³-hybridized carbons (Fsp3) is 0.333. The van der Waals surface area contributed by atoms with Crippen molar-refractivity contribution >= 4 is 63.5 Å². The van der Waals surface area contributed by atoms with Gasteiger partial charge in [0.15, 0.2) is 5.13 Å². The van der Waals surface area contributed by atoms with E-state index in [1.54, 1.807) is 12.2 Å². The topological polar surface area (TPSA) is 160 Å². The van der Waals surface area contributed by atoms with E-state index in [2.05, 4.69) is 24.7 Å². The Balaban J connectivity index is 1.80. The van der Waals surface area contributed by atoms with Crippen LogP contribution >= 0.6 is 34.9 Å². The third-order valence-corrected chi connectivity index (χ3v) is 5.97. The van der Waals surface area contributed by atoms with Gasteiger partial charge in [-0.2, -0.15) is 9.36 Å². The standard InChI is InChI=1S/C15H15ClN6O5S2/c1-27-20-7(10-19-15(17)29-21-10)11(23)18-8-12(24)22-9(14(25)26)6(3-2-4-16)5-28-13(8)22/h2-3,8,13H,4-5H2,1H3,(H,18,23)(H,25,26)(H2,17,19,21)/t8-,13+/m1/s1. The van der Waals surface area contributed by atoms with Crippen molar-refractivity contribution in [1.82, 2.24) is 19.6 Å². The molecule has 2 aliphatic rings. The average molecular weight is 459 g/mol. The van der Waals surface area contributed by atoms with E-state index < -0.39 is 29.2 Å². The smallest absolute Gasteiger partial charge is 0.352 e. The van der Waals surface area contributed by atoms with Gasteiger partial charge in [0, 0.05) is 23.2 Å². The van der Waals surface area contributed by atoms with E-state index in [9.17, 15) is 19.5 Å². The second-order valence-corrected chi connectivity index (χ2v) is 7.87. The van der Waals surface area contributed by atoms with Gasteiger partial charge in [-0.05, 0) is 5.57 Å². The highest BCUT2D eigenvalue weighted by molar-refractivity contribution is 8.00. The first-order valence-electron chi connectivity index (χ1n) is 8.04.